The number of hydrogen-bond acceptors (Lipinski definition) is 5. The number of methoxy groups -OCH3 is 1. The number of thiazole rings is 1. The van der Waals surface area contributed by atoms with Gasteiger partial charge in [0, 0.05) is 10.9 Å². The minimum absolute atomic E-state index is 0.463. The lowest BCUT2D eigenvalue weighted by Crippen LogP contribution is -1.97. The molecule has 0 aliphatic rings. The van der Waals surface area contributed by atoms with E-state index < -0.39 is 0 Å². The van der Waals surface area contributed by atoms with Gasteiger partial charge in [-0.25, -0.2) is 4.98 Å². The van der Waals surface area contributed by atoms with Crippen molar-refractivity contribution >= 4 is 17.0 Å². The van der Waals surface area contributed by atoms with Crippen LogP contribution in [0, 0.1) is 13.8 Å². The van der Waals surface area contributed by atoms with Crippen molar-refractivity contribution in [2.45, 2.75) is 20.5 Å². The van der Waals surface area contributed by atoms with Gasteiger partial charge in [0.2, 0.25) is 0 Å². The predicted molar refractivity (Wildman–Crippen MR) is 73.3 cm³/mol. The summed E-state index contributed by atoms with van der Waals surface area (Å²) >= 11 is 1.65. The summed E-state index contributed by atoms with van der Waals surface area (Å²) in [6, 6.07) is 5.39. The summed E-state index contributed by atoms with van der Waals surface area (Å²) in [5.41, 5.74) is 7.44. The number of nitrogen functional groups attached to an aromatic ring is 1. The van der Waals surface area contributed by atoms with Gasteiger partial charge in [0.15, 0.2) is 0 Å². The van der Waals surface area contributed by atoms with Crippen molar-refractivity contribution in [3.8, 4) is 11.5 Å². The van der Waals surface area contributed by atoms with Crippen LogP contribution in [0.15, 0.2) is 18.2 Å². The summed E-state index contributed by atoms with van der Waals surface area (Å²) in [6.07, 6.45) is 0. The van der Waals surface area contributed by atoms with E-state index in [0.29, 0.717) is 18.0 Å². The van der Waals surface area contributed by atoms with Gasteiger partial charge in [0.1, 0.15) is 23.1 Å². The molecule has 2 rings (SSSR count). The second kappa shape index (κ2) is 5.27. The number of nitrogens with two attached hydrogens (primary N) is 1. The molecule has 1 heterocycles. The average Bonchev–Trinajstić information content (AvgIpc) is 2.66. The van der Waals surface area contributed by atoms with Crippen LogP contribution in [0.5, 0.6) is 11.5 Å². The molecule has 0 saturated carbocycles. The molecule has 0 aliphatic carbocycles. The SMILES string of the molecule is COc1ccc(OCc2nc(C)c(C)s2)cc1N. The number of hydrogen-bond donors (Lipinski definition) is 1. The average molecular weight is 264 g/mol. The van der Waals surface area contributed by atoms with E-state index in [9.17, 15) is 0 Å². The Kier molecular flexibility index (Phi) is 3.72. The van der Waals surface area contributed by atoms with Gasteiger partial charge in [-0.1, -0.05) is 0 Å². The van der Waals surface area contributed by atoms with Crippen molar-refractivity contribution in [3.05, 3.63) is 33.8 Å². The molecule has 2 aromatic rings. The first-order valence-corrected chi connectivity index (χ1v) is 6.41. The number of benzene rings is 1. The molecular formula is C13H16N2O2S. The van der Waals surface area contributed by atoms with Gasteiger partial charge in [-0.05, 0) is 26.0 Å². The van der Waals surface area contributed by atoms with Gasteiger partial charge < -0.3 is 15.2 Å². The lowest BCUT2D eigenvalue weighted by molar-refractivity contribution is 0.305. The Morgan fingerprint density at radius 2 is 2.11 bits per heavy atom. The van der Waals surface area contributed by atoms with E-state index in [1.54, 1.807) is 30.6 Å². The molecule has 0 spiro atoms. The molecule has 0 fully saturated rings. The highest BCUT2D eigenvalue weighted by Crippen LogP contribution is 2.27. The number of aromatic nitrogens is 1. The zero-order valence-electron chi connectivity index (χ0n) is 10.7. The number of anilines is 1. The molecule has 96 valence electrons. The van der Waals surface area contributed by atoms with Gasteiger partial charge in [-0.3, -0.25) is 0 Å². The van der Waals surface area contributed by atoms with Gasteiger partial charge in [0.05, 0.1) is 18.5 Å². The molecule has 2 N–H and O–H groups in total. The monoisotopic (exact) mass is 264 g/mol. The second-order valence-electron chi connectivity index (χ2n) is 3.94. The van der Waals surface area contributed by atoms with Crippen LogP contribution in [0.3, 0.4) is 0 Å². The highest BCUT2D eigenvalue weighted by atomic mass is 32.1. The molecule has 18 heavy (non-hydrogen) atoms. The van der Waals surface area contributed by atoms with Crippen molar-refractivity contribution in [2.24, 2.45) is 0 Å². The van der Waals surface area contributed by atoms with Gasteiger partial charge in [-0.2, -0.15) is 0 Å². The highest BCUT2D eigenvalue weighted by molar-refractivity contribution is 7.11. The second-order valence-corrected chi connectivity index (χ2v) is 5.23. The Balaban J connectivity index is 2.04. The highest BCUT2D eigenvalue weighted by Gasteiger charge is 2.06. The summed E-state index contributed by atoms with van der Waals surface area (Å²) in [4.78, 5) is 5.64. The van der Waals surface area contributed by atoms with Crippen LogP contribution in [0.2, 0.25) is 0 Å². The quantitative estimate of drug-likeness (QED) is 0.863. The first-order valence-electron chi connectivity index (χ1n) is 5.59. The van der Waals surface area contributed by atoms with E-state index in [2.05, 4.69) is 11.9 Å². The summed E-state index contributed by atoms with van der Waals surface area (Å²) in [5.74, 6) is 1.38. The van der Waals surface area contributed by atoms with Crippen LogP contribution in [-0.4, -0.2) is 12.1 Å². The Bertz CT molecular complexity index is 532. The summed E-state index contributed by atoms with van der Waals surface area (Å²) in [6.45, 7) is 4.52. The maximum Gasteiger partial charge on any atom is 0.142 e. The topological polar surface area (TPSA) is 57.4 Å². The number of rotatable bonds is 4. The van der Waals surface area contributed by atoms with E-state index in [1.165, 1.54) is 4.88 Å². The van der Waals surface area contributed by atoms with E-state index in [0.717, 1.165) is 16.5 Å². The third kappa shape index (κ3) is 2.73. The molecule has 1 aromatic heterocycles. The maximum absolute atomic E-state index is 5.81. The van der Waals surface area contributed by atoms with E-state index >= 15 is 0 Å². The maximum atomic E-state index is 5.81. The van der Waals surface area contributed by atoms with Crippen molar-refractivity contribution < 1.29 is 9.47 Å². The number of aryl methyl sites for hydroxylation is 2. The Morgan fingerprint density at radius 1 is 1.33 bits per heavy atom. The van der Waals surface area contributed by atoms with Crippen LogP contribution in [-0.2, 0) is 6.61 Å². The van der Waals surface area contributed by atoms with Crippen molar-refractivity contribution in [1.82, 2.24) is 4.98 Å². The summed E-state index contributed by atoms with van der Waals surface area (Å²) < 4.78 is 10.7. The molecule has 0 saturated heterocycles. The largest absolute Gasteiger partial charge is 0.495 e. The normalized spacial score (nSPS) is 10.4. The minimum Gasteiger partial charge on any atom is -0.495 e. The predicted octanol–water partition coefficient (Wildman–Crippen LogP) is 2.93. The molecule has 1 aromatic carbocycles. The third-order valence-electron chi connectivity index (χ3n) is 2.64. The first-order chi connectivity index (χ1) is 8.60. The molecule has 5 heteroatoms. The van der Waals surface area contributed by atoms with Crippen LogP contribution >= 0.6 is 11.3 Å². The summed E-state index contributed by atoms with van der Waals surface area (Å²) in [5, 5.41) is 0.972. The summed E-state index contributed by atoms with van der Waals surface area (Å²) in [7, 11) is 1.59. The van der Waals surface area contributed by atoms with E-state index in [1.807, 2.05) is 13.0 Å². The van der Waals surface area contributed by atoms with Crippen LogP contribution in [0.4, 0.5) is 5.69 Å². The molecule has 0 aliphatic heterocycles. The fraction of sp³-hybridized carbons (Fsp3) is 0.308. The molecule has 0 amide bonds. The van der Waals surface area contributed by atoms with E-state index in [-0.39, 0.29) is 0 Å². The Hall–Kier alpha value is -1.75. The molecular weight excluding hydrogens is 248 g/mol. The van der Waals surface area contributed by atoms with Crippen molar-refractivity contribution in [2.75, 3.05) is 12.8 Å². The third-order valence-corrected chi connectivity index (χ3v) is 3.68. The van der Waals surface area contributed by atoms with Crippen molar-refractivity contribution in [1.29, 1.82) is 0 Å². The fourth-order valence-electron chi connectivity index (χ4n) is 1.55. The lowest BCUT2D eigenvalue weighted by atomic mass is 10.3. The Morgan fingerprint density at radius 3 is 2.67 bits per heavy atom. The van der Waals surface area contributed by atoms with Crippen LogP contribution in [0.1, 0.15) is 15.6 Å². The van der Waals surface area contributed by atoms with Gasteiger partial charge >= 0.3 is 0 Å². The standard InChI is InChI=1S/C13H16N2O2S/c1-8-9(2)18-13(15-8)7-17-10-4-5-12(16-3)11(14)6-10/h4-6H,7,14H2,1-3H3. The van der Waals surface area contributed by atoms with Gasteiger partial charge in [-0.15, -0.1) is 11.3 Å². The number of nitrogens with zero attached hydrogens (tertiary/aromatic N) is 1. The molecule has 0 radical (unpaired) electrons. The zero-order valence-corrected chi connectivity index (χ0v) is 11.5. The zero-order chi connectivity index (χ0) is 13.1. The van der Waals surface area contributed by atoms with Crippen LogP contribution in [0.25, 0.3) is 0 Å². The fourth-order valence-corrected chi connectivity index (χ4v) is 2.40. The van der Waals surface area contributed by atoms with Crippen LogP contribution < -0.4 is 15.2 Å². The molecule has 0 bridgehead atoms. The molecule has 0 atom stereocenters. The van der Waals surface area contributed by atoms with Gasteiger partial charge in [0.25, 0.3) is 0 Å². The number of ether oxygens (including phenoxy) is 2. The Labute approximate surface area is 110 Å². The van der Waals surface area contributed by atoms with E-state index in [4.69, 9.17) is 15.2 Å². The molecule has 0 unspecified atom stereocenters. The first kappa shape index (κ1) is 12.7. The van der Waals surface area contributed by atoms with Crippen molar-refractivity contribution in [3.63, 3.8) is 0 Å². The smallest absolute Gasteiger partial charge is 0.142 e. The molecule has 4 nitrogen and oxygen atoms in total. The lowest BCUT2D eigenvalue weighted by Gasteiger charge is -2.08. The minimum atomic E-state index is 0.463.